The molecule has 0 radical (unpaired) electrons. The van der Waals surface area contributed by atoms with E-state index in [1.54, 1.807) is 13.3 Å². The average Bonchev–Trinajstić information content (AvgIpc) is 2.90. The van der Waals surface area contributed by atoms with Gasteiger partial charge in [0.05, 0.1) is 19.0 Å². The van der Waals surface area contributed by atoms with Crippen molar-refractivity contribution in [1.82, 2.24) is 9.88 Å². The highest BCUT2D eigenvalue weighted by Crippen LogP contribution is 2.43. The van der Waals surface area contributed by atoms with Gasteiger partial charge in [-0.05, 0) is 86.8 Å². The van der Waals surface area contributed by atoms with E-state index in [9.17, 15) is 9.90 Å². The first-order chi connectivity index (χ1) is 17.4. The molecule has 4 rings (SSSR count). The predicted octanol–water partition coefficient (Wildman–Crippen LogP) is 6.02. The van der Waals surface area contributed by atoms with Gasteiger partial charge in [-0.3, -0.25) is 9.78 Å². The Kier molecular flexibility index (Phi) is 9.18. The van der Waals surface area contributed by atoms with E-state index in [1.165, 1.54) is 38.5 Å². The Morgan fingerprint density at radius 3 is 2.69 bits per heavy atom. The molecule has 2 fully saturated rings. The van der Waals surface area contributed by atoms with Gasteiger partial charge in [0.25, 0.3) is 0 Å². The second-order valence-corrected chi connectivity index (χ2v) is 11.0. The van der Waals surface area contributed by atoms with Crippen LogP contribution in [0.3, 0.4) is 0 Å². The fourth-order valence-corrected chi connectivity index (χ4v) is 6.40. The van der Waals surface area contributed by atoms with Crippen molar-refractivity contribution in [2.45, 2.75) is 83.3 Å². The molecule has 7 heteroatoms. The summed E-state index contributed by atoms with van der Waals surface area (Å²) in [5.74, 6) is 0.708. The number of piperidine rings is 1. The molecule has 1 saturated carbocycles. The topological polar surface area (TPSA) is 88.7 Å². The normalized spacial score (nSPS) is 19.9. The summed E-state index contributed by atoms with van der Waals surface area (Å²) in [5, 5.41) is 10.4. The second-order valence-electron chi connectivity index (χ2n) is 11.0. The molecule has 2 heterocycles. The van der Waals surface area contributed by atoms with Crippen molar-refractivity contribution in [2.24, 2.45) is 17.1 Å². The third kappa shape index (κ3) is 6.54. The molecule has 6 nitrogen and oxygen atoms in total. The zero-order chi connectivity index (χ0) is 25.5. The molecule has 1 aliphatic carbocycles. The largest absolute Gasteiger partial charge is 0.497 e. The zero-order valence-electron chi connectivity index (χ0n) is 21.7. The second kappa shape index (κ2) is 12.3. The number of carbonyl (C=O) groups is 1. The maximum absolute atomic E-state index is 15.9. The molecule has 2 aliphatic rings. The number of aliphatic carboxylic acids is 1. The SMILES string of the molecule is COc1ccc2ncc(CN)c(C(F)CCC3(CC(=O)O)CCN(CCC4CCCCC4)CC3)c2c1. The summed E-state index contributed by atoms with van der Waals surface area (Å²) < 4.78 is 21.3. The molecule has 3 N–H and O–H groups in total. The number of rotatable bonds is 11. The van der Waals surface area contributed by atoms with Crippen LogP contribution in [0, 0.1) is 11.3 Å². The van der Waals surface area contributed by atoms with E-state index < -0.39 is 12.1 Å². The highest BCUT2D eigenvalue weighted by atomic mass is 19.1. The number of halogens is 1. The summed E-state index contributed by atoms with van der Waals surface area (Å²) in [6.07, 6.45) is 11.0. The number of carboxylic acid groups (broad SMARTS) is 1. The molecule has 1 aromatic heterocycles. The summed E-state index contributed by atoms with van der Waals surface area (Å²) in [5.41, 5.74) is 7.56. The number of pyridine rings is 1. The first-order valence-corrected chi connectivity index (χ1v) is 13.7. The van der Waals surface area contributed by atoms with E-state index in [2.05, 4.69) is 9.88 Å². The van der Waals surface area contributed by atoms with E-state index >= 15 is 4.39 Å². The molecular weight excluding hydrogens is 457 g/mol. The van der Waals surface area contributed by atoms with Gasteiger partial charge in [-0.2, -0.15) is 0 Å². The van der Waals surface area contributed by atoms with Gasteiger partial charge in [0.2, 0.25) is 0 Å². The number of nitrogens with two attached hydrogens (primary N) is 1. The molecule has 36 heavy (non-hydrogen) atoms. The van der Waals surface area contributed by atoms with E-state index in [4.69, 9.17) is 10.5 Å². The summed E-state index contributed by atoms with van der Waals surface area (Å²) in [6.45, 7) is 3.11. The molecule has 1 saturated heterocycles. The van der Waals surface area contributed by atoms with Crippen LogP contribution in [0.1, 0.15) is 87.9 Å². The number of hydrogen-bond acceptors (Lipinski definition) is 5. The standard InChI is InChI=1S/C29H42FN3O3/c1-36-23-7-8-26-24(17-23)28(22(19-31)20-32-26)25(30)9-11-29(18-27(34)35)12-15-33(16-13-29)14-10-21-5-3-2-4-6-21/h7-8,17,20-21,25H,2-6,9-16,18-19,31H2,1H3,(H,34,35). The Morgan fingerprint density at radius 2 is 2.03 bits per heavy atom. The molecule has 1 aromatic carbocycles. The first-order valence-electron chi connectivity index (χ1n) is 13.7. The van der Waals surface area contributed by atoms with Crippen LogP contribution in [0.15, 0.2) is 24.4 Å². The highest BCUT2D eigenvalue weighted by molar-refractivity contribution is 5.85. The Bertz CT molecular complexity index is 1010. The van der Waals surface area contributed by atoms with Crippen molar-refractivity contribution in [3.63, 3.8) is 0 Å². The number of likely N-dealkylation sites (tertiary alicyclic amines) is 1. The Labute approximate surface area is 214 Å². The minimum absolute atomic E-state index is 0.102. The summed E-state index contributed by atoms with van der Waals surface area (Å²) in [6, 6.07) is 5.47. The maximum Gasteiger partial charge on any atom is 0.303 e. The number of methoxy groups -OCH3 is 1. The quantitative estimate of drug-likeness (QED) is 0.393. The number of alkyl halides is 1. The van der Waals surface area contributed by atoms with Crippen LogP contribution < -0.4 is 10.5 Å². The van der Waals surface area contributed by atoms with E-state index in [0.717, 1.165) is 43.8 Å². The van der Waals surface area contributed by atoms with Crippen LogP contribution in [-0.4, -0.2) is 47.7 Å². The Balaban J connectivity index is 1.43. The minimum atomic E-state index is -1.24. The molecular formula is C29H42FN3O3. The number of fused-ring (bicyclic) bond motifs is 1. The first kappa shape index (κ1) is 26.8. The van der Waals surface area contributed by atoms with E-state index in [0.29, 0.717) is 28.8 Å². The van der Waals surface area contributed by atoms with Crippen LogP contribution in [-0.2, 0) is 11.3 Å². The fourth-order valence-electron chi connectivity index (χ4n) is 6.40. The van der Waals surface area contributed by atoms with Crippen molar-refractivity contribution < 1.29 is 19.0 Å². The van der Waals surface area contributed by atoms with Crippen molar-refractivity contribution in [2.75, 3.05) is 26.7 Å². The van der Waals surface area contributed by atoms with Gasteiger partial charge in [0, 0.05) is 23.7 Å². The number of aromatic nitrogens is 1. The smallest absolute Gasteiger partial charge is 0.303 e. The van der Waals surface area contributed by atoms with Crippen LogP contribution >= 0.6 is 0 Å². The van der Waals surface area contributed by atoms with Crippen molar-refractivity contribution in [1.29, 1.82) is 0 Å². The number of benzene rings is 1. The lowest BCUT2D eigenvalue weighted by Gasteiger charge is -2.42. The highest BCUT2D eigenvalue weighted by Gasteiger charge is 2.37. The average molecular weight is 500 g/mol. The molecule has 198 valence electrons. The predicted molar refractivity (Wildman–Crippen MR) is 141 cm³/mol. The van der Waals surface area contributed by atoms with Gasteiger partial charge < -0.3 is 20.5 Å². The van der Waals surface area contributed by atoms with Crippen molar-refractivity contribution >= 4 is 16.9 Å². The Hall–Kier alpha value is -2.25. The third-order valence-electron chi connectivity index (χ3n) is 8.68. The Morgan fingerprint density at radius 1 is 1.28 bits per heavy atom. The monoisotopic (exact) mass is 499 g/mol. The van der Waals surface area contributed by atoms with Crippen LogP contribution in [0.2, 0.25) is 0 Å². The van der Waals surface area contributed by atoms with Gasteiger partial charge in [-0.25, -0.2) is 4.39 Å². The van der Waals surface area contributed by atoms with Crippen LogP contribution in [0.5, 0.6) is 5.75 Å². The molecule has 0 bridgehead atoms. The van der Waals surface area contributed by atoms with Crippen LogP contribution in [0.4, 0.5) is 4.39 Å². The van der Waals surface area contributed by atoms with Gasteiger partial charge in [-0.15, -0.1) is 0 Å². The van der Waals surface area contributed by atoms with Gasteiger partial charge >= 0.3 is 5.97 Å². The number of ether oxygens (including phenoxy) is 1. The lowest BCUT2D eigenvalue weighted by molar-refractivity contribution is -0.141. The van der Waals surface area contributed by atoms with Gasteiger partial charge in [0.1, 0.15) is 11.9 Å². The molecule has 1 aliphatic heterocycles. The van der Waals surface area contributed by atoms with E-state index in [-0.39, 0.29) is 24.8 Å². The van der Waals surface area contributed by atoms with E-state index in [1.807, 2.05) is 18.2 Å². The number of carboxylic acids is 1. The number of nitrogens with zero attached hydrogens (tertiary/aromatic N) is 2. The van der Waals surface area contributed by atoms with Gasteiger partial charge in [-0.1, -0.05) is 32.1 Å². The van der Waals surface area contributed by atoms with Gasteiger partial charge in [0.15, 0.2) is 0 Å². The lowest BCUT2D eigenvalue weighted by Crippen LogP contribution is -2.42. The fraction of sp³-hybridized carbons (Fsp3) is 0.655. The maximum atomic E-state index is 15.9. The summed E-state index contributed by atoms with van der Waals surface area (Å²) >= 11 is 0. The lowest BCUT2D eigenvalue weighted by atomic mass is 9.71. The van der Waals surface area contributed by atoms with Crippen molar-refractivity contribution in [3.05, 3.63) is 35.5 Å². The molecule has 1 unspecified atom stereocenters. The molecule has 2 aromatic rings. The van der Waals surface area contributed by atoms with Crippen LogP contribution in [0.25, 0.3) is 10.9 Å². The van der Waals surface area contributed by atoms with Crippen molar-refractivity contribution in [3.8, 4) is 5.75 Å². The molecule has 0 spiro atoms. The minimum Gasteiger partial charge on any atom is -0.497 e. The third-order valence-corrected chi connectivity index (χ3v) is 8.68. The summed E-state index contributed by atoms with van der Waals surface area (Å²) in [4.78, 5) is 18.7. The zero-order valence-corrected chi connectivity index (χ0v) is 21.7. The molecule has 0 amide bonds. The molecule has 1 atom stereocenters. The number of hydrogen-bond donors (Lipinski definition) is 2. The summed E-state index contributed by atoms with van der Waals surface area (Å²) in [7, 11) is 1.59.